The SMILES string of the molecule is CCCOc1cccc(/C(O)=C2\C(=O)C(=O)N(c3cccc(C)c3C)C2c2ccncc2)c1. The van der Waals surface area contributed by atoms with Gasteiger partial charge in [0.15, 0.2) is 0 Å². The van der Waals surface area contributed by atoms with Crippen LogP contribution in [0.4, 0.5) is 5.69 Å². The van der Waals surface area contributed by atoms with Crippen LogP contribution in [-0.2, 0) is 9.59 Å². The van der Waals surface area contributed by atoms with E-state index in [1.54, 1.807) is 48.8 Å². The Morgan fingerprint density at radius 3 is 2.52 bits per heavy atom. The molecule has 6 heteroatoms. The Kier molecular flexibility index (Phi) is 6.27. The fourth-order valence-electron chi connectivity index (χ4n) is 4.05. The molecule has 1 unspecified atom stereocenters. The van der Waals surface area contributed by atoms with Crippen LogP contribution in [0.2, 0.25) is 0 Å². The van der Waals surface area contributed by atoms with E-state index in [1.807, 2.05) is 39.0 Å². The first-order chi connectivity index (χ1) is 15.9. The number of aromatic nitrogens is 1. The van der Waals surface area contributed by atoms with Crippen LogP contribution >= 0.6 is 0 Å². The second kappa shape index (κ2) is 9.28. The van der Waals surface area contributed by atoms with Crippen molar-refractivity contribution in [3.8, 4) is 5.75 Å². The highest BCUT2D eigenvalue weighted by Gasteiger charge is 2.47. The van der Waals surface area contributed by atoms with Crippen LogP contribution < -0.4 is 9.64 Å². The molecular formula is C27H26N2O4. The van der Waals surface area contributed by atoms with Crippen molar-refractivity contribution in [2.24, 2.45) is 0 Å². The second-order valence-electron chi connectivity index (χ2n) is 8.04. The summed E-state index contributed by atoms with van der Waals surface area (Å²) in [5.74, 6) is -1.05. The highest BCUT2D eigenvalue weighted by atomic mass is 16.5. The molecule has 4 rings (SSSR count). The molecule has 168 valence electrons. The highest BCUT2D eigenvalue weighted by Crippen LogP contribution is 2.43. The second-order valence-corrected chi connectivity index (χ2v) is 8.04. The number of ether oxygens (including phenoxy) is 1. The zero-order valence-corrected chi connectivity index (χ0v) is 18.9. The molecule has 1 aromatic heterocycles. The van der Waals surface area contributed by atoms with Gasteiger partial charge in [-0.2, -0.15) is 0 Å². The van der Waals surface area contributed by atoms with Gasteiger partial charge in [0, 0.05) is 23.6 Å². The van der Waals surface area contributed by atoms with Crippen molar-refractivity contribution in [3.63, 3.8) is 0 Å². The van der Waals surface area contributed by atoms with E-state index in [-0.39, 0.29) is 11.3 Å². The van der Waals surface area contributed by atoms with E-state index in [4.69, 9.17) is 4.74 Å². The Morgan fingerprint density at radius 2 is 1.79 bits per heavy atom. The Bertz CT molecular complexity index is 1230. The number of carbonyl (C=O) groups excluding carboxylic acids is 2. The molecule has 0 bridgehead atoms. The number of Topliss-reactive ketones (excluding diaryl/α,β-unsaturated/α-hetero) is 1. The summed E-state index contributed by atoms with van der Waals surface area (Å²) in [6.45, 7) is 6.42. The summed E-state index contributed by atoms with van der Waals surface area (Å²) in [4.78, 5) is 32.1. The predicted octanol–water partition coefficient (Wildman–Crippen LogP) is 5.11. The van der Waals surface area contributed by atoms with Gasteiger partial charge in [0.2, 0.25) is 0 Å². The molecule has 1 aliphatic heterocycles. The van der Waals surface area contributed by atoms with Crippen molar-refractivity contribution in [3.05, 3.63) is 94.8 Å². The summed E-state index contributed by atoms with van der Waals surface area (Å²) in [7, 11) is 0. The Morgan fingerprint density at radius 1 is 1.06 bits per heavy atom. The fraction of sp³-hybridized carbons (Fsp3) is 0.222. The Labute approximate surface area is 193 Å². The first kappa shape index (κ1) is 22.3. The molecule has 0 saturated carbocycles. The highest BCUT2D eigenvalue weighted by molar-refractivity contribution is 6.51. The lowest BCUT2D eigenvalue weighted by Crippen LogP contribution is -2.30. The molecule has 6 nitrogen and oxygen atoms in total. The van der Waals surface area contributed by atoms with Crippen molar-refractivity contribution < 1.29 is 19.4 Å². The third-order valence-corrected chi connectivity index (χ3v) is 5.88. The average Bonchev–Trinajstić information content (AvgIpc) is 3.10. The lowest BCUT2D eigenvalue weighted by molar-refractivity contribution is -0.132. The summed E-state index contributed by atoms with van der Waals surface area (Å²) in [5, 5.41) is 11.3. The van der Waals surface area contributed by atoms with E-state index >= 15 is 0 Å². The molecule has 0 spiro atoms. The molecule has 2 heterocycles. The van der Waals surface area contributed by atoms with Gasteiger partial charge in [-0.25, -0.2) is 0 Å². The number of hydrogen-bond donors (Lipinski definition) is 1. The van der Waals surface area contributed by atoms with Gasteiger partial charge in [-0.05, 0) is 67.3 Å². The number of aliphatic hydroxyl groups is 1. The van der Waals surface area contributed by atoms with E-state index in [9.17, 15) is 14.7 Å². The topological polar surface area (TPSA) is 79.7 Å². The van der Waals surface area contributed by atoms with Gasteiger partial charge in [0.25, 0.3) is 11.7 Å². The first-order valence-corrected chi connectivity index (χ1v) is 10.9. The number of aliphatic hydroxyl groups excluding tert-OH is 1. The molecular weight excluding hydrogens is 416 g/mol. The third kappa shape index (κ3) is 4.12. The van der Waals surface area contributed by atoms with E-state index in [1.165, 1.54) is 4.90 Å². The van der Waals surface area contributed by atoms with E-state index in [0.717, 1.165) is 17.5 Å². The Balaban J connectivity index is 1.91. The fourth-order valence-corrected chi connectivity index (χ4v) is 4.05. The molecule has 1 aliphatic rings. The lowest BCUT2D eigenvalue weighted by Gasteiger charge is -2.27. The summed E-state index contributed by atoms with van der Waals surface area (Å²) < 4.78 is 5.68. The van der Waals surface area contributed by atoms with Gasteiger partial charge in [0.1, 0.15) is 11.5 Å². The number of rotatable bonds is 6. The minimum atomic E-state index is -0.784. The molecule has 3 aromatic rings. The summed E-state index contributed by atoms with van der Waals surface area (Å²) in [6.07, 6.45) is 4.06. The summed E-state index contributed by atoms with van der Waals surface area (Å²) in [5.41, 5.74) is 3.68. The van der Waals surface area contributed by atoms with E-state index in [2.05, 4.69) is 4.98 Å². The van der Waals surface area contributed by atoms with E-state index in [0.29, 0.717) is 29.2 Å². The van der Waals surface area contributed by atoms with Crippen molar-refractivity contribution in [1.29, 1.82) is 0 Å². The number of anilines is 1. The van der Waals surface area contributed by atoms with Crippen molar-refractivity contribution >= 4 is 23.1 Å². The molecule has 1 atom stereocenters. The lowest BCUT2D eigenvalue weighted by atomic mass is 9.95. The summed E-state index contributed by atoms with van der Waals surface area (Å²) in [6, 6.07) is 15.3. The number of aryl methyl sites for hydroxylation is 1. The van der Waals surface area contributed by atoms with Gasteiger partial charge < -0.3 is 9.84 Å². The largest absolute Gasteiger partial charge is 0.507 e. The van der Waals surface area contributed by atoms with Gasteiger partial charge in [-0.1, -0.05) is 31.2 Å². The van der Waals surface area contributed by atoms with Crippen LogP contribution in [-0.4, -0.2) is 28.4 Å². The van der Waals surface area contributed by atoms with Gasteiger partial charge in [0.05, 0.1) is 18.2 Å². The maximum Gasteiger partial charge on any atom is 0.300 e. The minimum absolute atomic E-state index is 0.0414. The smallest absolute Gasteiger partial charge is 0.300 e. The normalized spacial score (nSPS) is 17.4. The zero-order chi connectivity index (χ0) is 23.5. The number of benzene rings is 2. The average molecular weight is 443 g/mol. The molecule has 1 N–H and O–H groups in total. The molecule has 1 fully saturated rings. The monoisotopic (exact) mass is 442 g/mol. The van der Waals surface area contributed by atoms with Crippen molar-refractivity contribution in [2.75, 3.05) is 11.5 Å². The van der Waals surface area contributed by atoms with Crippen molar-refractivity contribution in [2.45, 2.75) is 33.2 Å². The van der Waals surface area contributed by atoms with Crippen LogP contribution in [0.3, 0.4) is 0 Å². The molecule has 0 aliphatic carbocycles. The van der Waals surface area contributed by atoms with Crippen LogP contribution in [0.5, 0.6) is 5.75 Å². The van der Waals surface area contributed by atoms with Crippen LogP contribution in [0.15, 0.2) is 72.6 Å². The predicted molar refractivity (Wildman–Crippen MR) is 127 cm³/mol. The minimum Gasteiger partial charge on any atom is -0.507 e. The van der Waals surface area contributed by atoms with Gasteiger partial charge in [-0.15, -0.1) is 0 Å². The number of hydrogen-bond acceptors (Lipinski definition) is 5. The molecule has 0 radical (unpaired) electrons. The molecule has 1 saturated heterocycles. The van der Waals surface area contributed by atoms with Gasteiger partial charge >= 0.3 is 0 Å². The van der Waals surface area contributed by atoms with Crippen molar-refractivity contribution in [1.82, 2.24) is 4.98 Å². The Hall–Kier alpha value is -3.93. The third-order valence-electron chi connectivity index (χ3n) is 5.88. The summed E-state index contributed by atoms with van der Waals surface area (Å²) >= 11 is 0. The molecule has 33 heavy (non-hydrogen) atoms. The maximum atomic E-state index is 13.3. The number of nitrogens with zero attached hydrogens (tertiary/aromatic N) is 2. The van der Waals surface area contributed by atoms with Crippen LogP contribution in [0.25, 0.3) is 5.76 Å². The number of carbonyl (C=O) groups is 2. The zero-order valence-electron chi connectivity index (χ0n) is 18.9. The maximum absolute atomic E-state index is 13.3. The standard InChI is InChI=1S/C27H26N2O4/c1-4-15-33-21-9-6-8-20(16-21)25(30)23-24(19-11-13-28-14-12-19)29(27(32)26(23)31)22-10-5-7-17(2)18(22)3/h5-14,16,24,30H,4,15H2,1-3H3/b25-23+. The number of pyridine rings is 1. The van der Waals surface area contributed by atoms with Crippen LogP contribution in [0.1, 0.15) is 41.6 Å². The molecule has 2 aromatic carbocycles. The first-order valence-electron chi connectivity index (χ1n) is 10.9. The number of amides is 1. The van der Waals surface area contributed by atoms with E-state index < -0.39 is 17.7 Å². The van der Waals surface area contributed by atoms with Crippen LogP contribution in [0, 0.1) is 13.8 Å². The number of ketones is 1. The molecule has 1 amide bonds. The van der Waals surface area contributed by atoms with Gasteiger partial charge in [-0.3, -0.25) is 19.5 Å². The quantitative estimate of drug-likeness (QED) is 0.326.